The third-order valence-corrected chi connectivity index (χ3v) is 4.83. The van der Waals surface area contributed by atoms with E-state index >= 15 is 0 Å². The van der Waals surface area contributed by atoms with Crippen molar-refractivity contribution < 1.29 is 19.0 Å². The zero-order chi connectivity index (χ0) is 21.6. The maximum Gasteiger partial charge on any atom is 0.193 e. The predicted molar refractivity (Wildman–Crippen MR) is 121 cm³/mol. The highest BCUT2D eigenvalue weighted by molar-refractivity contribution is 6.30. The van der Waals surface area contributed by atoms with Crippen LogP contribution in [-0.4, -0.2) is 12.9 Å². The fraction of sp³-hybridized carbons (Fsp3) is 0.0385. The van der Waals surface area contributed by atoms with E-state index < -0.39 is 0 Å². The summed E-state index contributed by atoms with van der Waals surface area (Å²) < 4.78 is 16.8. The maximum absolute atomic E-state index is 12.5. The van der Waals surface area contributed by atoms with Gasteiger partial charge in [0.25, 0.3) is 0 Å². The quantitative estimate of drug-likeness (QED) is 0.292. The Morgan fingerprint density at radius 3 is 1.26 bits per heavy atom. The van der Waals surface area contributed by atoms with Crippen molar-refractivity contribution >= 4 is 17.4 Å². The molecule has 0 saturated heterocycles. The monoisotopic (exact) mass is 430 g/mol. The van der Waals surface area contributed by atoms with Crippen molar-refractivity contribution in [2.24, 2.45) is 0 Å². The van der Waals surface area contributed by atoms with Crippen LogP contribution in [-0.2, 0) is 0 Å². The summed E-state index contributed by atoms with van der Waals surface area (Å²) in [6.07, 6.45) is 0. The van der Waals surface area contributed by atoms with E-state index in [9.17, 15) is 4.79 Å². The summed E-state index contributed by atoms with van der Waals surface area (Å²) >= 11 is 5.88. The Bertz CT molecular complexity index is 1150. The van der Waals surface area contributed by atoms with Gasteiger partial charge in [-0.3, -0.25) is 4.79 Å². The molecule has 0 spiro atoms. The lowest BCUT2D eigenvalue weighted by molar-refractivity contribution is 0.103. The molecule has 0 bridgehead atoms. The fourth-order valence-electron chi connectivity index (χ4n) is 2.93. The van der Waals surface area contributed by atoms with Crippen molar-refractivity contribution in [3.63, 3.8) is 0 Å². The zero-order valence-electron chi connectivity index (χ0n) is 16.7. The molecule has 0 heterocycles. The van der Waals surface area contributed by atoms with E-state index in [1.165, 1.54) is 0 Å². The van der Waals surface area contributed by atoms with E-state index in [1.54, 1.807) is 55.6 Å². The van der Waals surface area contributed by atoms with Crippen molar-refractivity contribution in [3.05, 3.63) is 113 Å². The lowest BCUT2D eigenvalue weighted by Gasteiger charge is -2.09. The molecule has 5 heteroatoms. The first kappa shape index (κ1) is 20.5. The molecule has 0 aliphatic carbocycles. The molecular weight excluding hydrogens is 412 g/mol. The van der Waals surface area contributed by atoms with Gasteiger partial charge in [0.2, 0.25) is 0 Å². The van der Waals surface area contributed by atoms with Crippen molar-refractivity contribution in [1.82, 2.24) is 0 Å². The van der Waals surface area contributed by atoms with E-state index in [1.807, 2.05) is 48.5 Å². The molecule has 0 aliphatic rings. The first-order valence-electron chi connectivity index (χ1n) is 9.61. The van der Waals surface area contributed by atoms with Crippen LogP contribution in [0.4, 0.5) is 0 Å². The van der Waals surface area contributed by atoms with Gasteiger partial charge >= 0.3 is 0 Å². The second-order valence-electron chi connectivity index (χ2n) is 6.71. The van der Waals surface area contributed by atoms with Crippen LogP contribution < -0.4 is 14.2 Å². The van der Waals surface area contributed by atoms with E-state index in [0.717, 1.165) is 11.5 Å². The minimum atomic E-state index is -0.0664. The Morgan fingerprint density at radius 1 is 0.548 bits per heavy atom. The average Bonchev–Trinajstić information content (AvgIpc) is 2.81. The molecule has 0 radical (unpaired) electrons. The molecule has 0 N–H and O–H groups in total. The van der Waals surface area contributed by atoms with Crippen LogP contribution in [0.3, 0.4) is 0 Å². The summed E-state index contributed by atoms with van der Waals surface area (Å²) in [5, 5.41) is 0.598. The predicted octanol–water partition coefficient (Wildman–Crippen LogP) is 7.16. The molecular formula is C26H19ClO4. The maximum atomic E-state index is 12.5. The van der Waals surface area contributed by atoms with Crippen LogP contribution in [0.25, 0.3) is 0 Å². The lowest BCUT2D eigenvalue weighted by atomic mass is 10.0. The van der Waals surface area contributed by atoms with Crippen LogP contribution in [0.2, 0.25) is 5.02 Å². The highest BCUT2D eigenvalue weighted by Gasteiger charge is 2.09. The average molecular weight is 431 g/mol. The van der Waals surface area contributed by atoms with Gasteiger partial charge in [0.1, 0.15) is 28.7 Å². The van der Waals surface area contributed by atoms with Crippen LogP contribution in [0.5, 0.6) is 28.7 Å². The Morgan fingerprint density at radius 2 is 0.871 bits per heavy atom. The summed E-state index contributed by atoms with van der Waals surface area (Å²) in [6.45, 7) is 0. The number of hydrogen-bond acceptors (Lipinski definition) is 4. The second kappa shape index (κ2) is 9.37. The standard InChI is InChI=1S/C26H19ClO4/c1-29-21-10-12-23(13-11-21)31-25-16-14-24(15-17-25)30-22-8-4-19(5-9-22)26(28)18-2-6-20(27)7-3-18/h2-17H,1H3. The zero-order valence-corrected chi connectivity index (χ0v) is 17.5. The van der Waals surface area contributed by atoms with Crippen molar-refractivity contribution in [2.75, 3.05) is 7.11 Å². The summed E-state index contributed by atoms with van der Waals surface area (Å²) in [5.41, 5.74) is 1.17. The molecule has 154 valence electrons. The lowest BCUT2D eigenvalue weighted by Crippen LogP contribution is -2.00. The van der Waals surface area contributed by atoms with Gasteiger partial charge in [-0.2, -0.15) is 0 Å². The van der Waals surface area contributed by atoms with Gasteiger partial charge in [-0.15, -0.1) is 0 Å². The van der Waals surface area contributed by atoms with Gasteiger partial charge in [0.15, 0.2) is 5.78 Å². The third kappa shape index (κ3) is 5.24. The molecule has 0 aromatic heterocycles. The molecule has 0 amide bonds. The summed E-state index contributed by atoms with van der Waals surface area (Å²) in [4.78, 5) is 12.5. The van der Waals surface area contributed by atoms with Crippen molar-refractivity contribution in [2.45, 2.75) is 0 Å². The number of methoxy groups -OCH3 is 1. The minimum absolute atomic E-state index is 0.0664. The van der Waals surface area contributed by atoms with E-state index in [0.29, 0.717) is 33.4 Å². The Balaban J connectivity index is 1.38. The topological polar surface area (TPSA) is 44.8 Å². The number of halogens is 1. The molecule has 4 nitrogen and oxygen atoms in total. The molecule has 4 rings (SSSR count). The van der Waals surface area contributed by atoms with E-state index in [-0.39, 0.29) is 5.78 Å². The molecule has 0 fully saturated rings. The highest BCUT2D eigenvalue weighted by Crippen LogP contribution is 2.28. The van der Waals surface area contributed by atoms with Gasteiger partial charge < -0.3 is 14.2 Å². The SMILES string of the molecule is COc1ccc(Oc2ccc(Oc3ccc(C(=O)c4ccc(Cl)cc4)cc3)cc2)cc1. The number of carbonyl (C=O) groups excluding carboxylic acids is 1. The number of rotatable bonds is 7. The van der Waals surface area contributed by atoms with Crippen LogP contribution in [0.1, 0.15) is 15.9 Å². The summed E-state index contributed by atoms with van der Waals surface area (Å²) in [7, 11) is 1.62. The minimum Gasteiger partial charge on any atom is -0.497 e. The third-order valence-electron chi connectivity index (χ3n) is 4.58. The number of carbonyl (C=O) groups is 1. The van der Waals surface area contributed by atoms with Gasteiger partial charge in [-0.1, -0.05) is 11.6 Å². The fourth-order valence-corrected chi connectivity index (χ4v) is 3.06. The van der Waals surface area contributed by atoms with Gasteiger partial charge in [0, 0.05) is 16.1 Å². The van der Waals surface area contributed by atoms with Crippen LogP contribution in [0, 0.1) is 0 Å². The van der Waals surface area contributed by atoms with Crippen molar-refractivity contribution in [3.8, 4) is 28.7 Å². The molecule has 0 unspecified atom stereocenters. The molecule has 0 aliphatic heterocycles. The summed E-state index contributed by atoms with van der Waals surface area (Å²) in [5.74, 6) is 3.42. The molecule has 31 heavy (non-hydrogen) atoms. The number of hydrogen-bond donors (Lipinski definition) is 0. The van der Waals surface area contributed by atoms with Crippen LogP contribution in [0.15, 0.2) is 97.1 Å². The Labute approximate surface area is 185 Å². The van der Waals surface area contributed by atoms with Gasteiger partial charge in [-0.25, -0.2) is 0 Å². The van der Waals surface area contributed by atoms with Crippen LogP contribution >= 0.6 is 11.6 Å². The van der Waals surface area contributed by atoms with E-state index in [2.05, 4.69) is 0 Å². The molecule has 4 aromatic rings. The number of benzene rings is 4. The second-order valence-corrected chi connectivity index (χ2v) is 7.15. The van der Waals surface area contributed by atoms with E-state index in [4.69, 9.17) is 25.8 Å². The Hall–Kier alpha value is -3.76. The molecule has 0 saturated carbocycles. The molecule has 0 atom stereocenters. The number of ketones is 1. The largest absolute Gasteiger partial charge is 0.497 e. The first-order valence-corrected chi connectivity index (χ1v) is 9.99. The normalized spacial score (nSPS) is 10.4. The molecule has 4 aromatic carbocycles. The number of ether oxygens (including phenoxy) is 3. The van der Waals surface area contributed by atoms with Gasteiger partial charge in [0.05, 0.1) is 7.11 Å². The summed E-state index contributed by atoms with van der Waals surface area (Å²) in [6, 6.07) is 28.5. The Kier molecular flexibility index (Phi) is 6.20. The van der Waals surface area contributed by atoms with Gasteiger partial charge in [-0.05, 0) is 97.1 Å². The highest BCUT2D eigenvalue weighted by atomic mass is 35.5. The first-order chi connectivity index (χ1) is 15.1. The van der Waals surface area contributed by atoms with Crippen molar-refractivity contribution in [1.29, 1.82) is 0 Å². The smallest absolute Gasteiger partial charge is 0.193 e.